The van der Waals surface area contributed by atoms with Gasteiger partial charge >= 0.3 is 0 Å². The fourth-order valence-electron chi connectivity index (χ4n) is 3.94. The van der Waals surface area contributed by atoms with Crippen LogP contribution in [0, 0.1) is 0 Å². The lowest BCUT2D eigenvalue weighted by Crippen LogP contribution is -2.47. The van der Waals surface area contributed by atoms with E-state index in [0.29, 0.717) is 6.54 Å². The lowest BCUT2D eigenvalue weighted by Gasteiger charge is -2.35. The summed E-state index contributed by atoms with van der Waals surface area (Å²) in [7, 11) is 1.63. The molecule has 31 heavy (non-hydrogen) atoms. The van der Waals surface area contributed by atoms with E-state index in [1.54, 1.807) is 12.0 Å². The first-order valence-corrected chi connectivity index (χ1v) is 11.7. The van der Waals surface area contributed by atoms with Crippen molar-refractivity contribution in [2.24, 2.45) is 0 Å². The van der Waals surface area contributed by atoms with Crippen molar-refractivity contribution in [3.63, 3.8) is 0 Å². The number of thiol groups is 1. The highest BCUT2D eigenvalue weighted by molar-refractivity contribution is 7.96. The van der Waals surface area contributed by atoms with Gasteiger partial charge in [-0.05, 0) is 74.3 Å². The molecule has 1 aliphatic rings. The van der Waals surface area contributed by atoms with Crippen LogP contribution in [0.1, 0.15) is 18.4 Å². The van der Waals surface area contributed by atoms with E-state index >= 15 is 0 Å². The van der Waals surface area contributed by atoms with Crippen molar-refractivity contribution < 1.29 is 9.53 Å². The summed E-state index contributed by atoms with van der Waals surface area (Å²) in [5.41, 5.74) is 2.20. The molecule has 0 atom stereocenters. The summed E-state index contributed by atoms with van der Waals surface area (Å²) in [5.74, 6) is 0.779. The molecule has 0 N–H and O–H groups in total. The number of carbonyl (C=O) groups is 1. The normalized spacial score (nSPS) is 15.1. The molecule has 7 heteroatoms. The third kappa shape index (κ3) is 7.72. The molecule has 1 fully saturated rings. The van der Waals surface area contributed by atoms with Crippen LogP contribution >= 0.6 is 24.2 Å². The molecule has 0 aliphatic carbocycles. The van der Waals surface area contributed by atoms with Crippen LogP contribution in [0.15, 0.2) is 48.5 Å². The number of benzene rings is 2. The molecule has 1 saturated heterocycles. The zero-order chi connectivity index (χ0) is 22.1. The summed E-state index contributed by atoms with van der Waals surface area (Å²) in [6.45, 7) is 7.16. The zero-order valence-corrected chi connectivity index (χ0v) is 19.8. The van der Waals surface area contributed by atoms with Gasteiger partial charge in [0.05, 0.1) is 7.11 Å². The standard InChI is InChI=1S/C24H32ClN3O2S/c1-30-23-11-9-22(10-12-23)28(24(29)31)15-3-14-27-18-16-26(17-19-27)13-2-4-20-5-7-21(25)8-6-20/h5-12H,2-4,13-19H2,1H3,(H,29,31). The Hall–Kier alpha value is -1.73. The smallest absolute Gasteiger partial charge is 0.282 e. The number of ether oxygens (including phenoxy) is 1. The third-order valence-corrected chi connectivity index (χ3v) is 6.28. The van der Waals surface area contributed by atoms with Crippen LogP contribution in [0.4, 0.5) is 10.5 Å². The van der Waals surface area contributed by atoms with E-state index in [1.165, 1.54) is 12.0 Å². The predicted molar refractivity (Wildman–Crippen MR) is 132 cm³/mol. The Balaban J connectivity index is 1.34. The largest absolute Gasteiger partial charge is 0.497 e. The molecule has 0 radical (unpaired) electrons. The lowest BCUT2D eigenvalue weighted by molar-refractivity contribution is 0.131. The van der Waals surface area contributed by atoms with E-state index in [9.17, 15) is 4.79 Å². The van der Waals surface area contributed by atoms with Gasteiger partial charge in [0, 0.05) is 43.4 Å². The topological polar surface area (TPSA) is 36.0 Å². The number of piperazine rings is 1. The first-order chi connectivity index (χ1) is 15.0. The molecular formula is C24H32ClN3O2S. The molecule has 0 bridgehead atoms. The summed E-state index contributed by atoms with van der Waals surface area (Å²) in [5, 5.41) is 0.571. The second-order valence-corrected chi connectivity index (χ2v) is 8.72. The predicted octanol–water partition coefficient (Wildman–Crippen LogP) is 4.85. The van der Waals surface area contributed by atoms with Crippen LogP contribution in [0.2, 0.25) is 5.02 Å². The van der Waals surface area contributed by atoms with Gasteiger partial charge in [-0.3, -0.25) is 4.79 Å². The minimum absolute atomic E-state index is 0.226. The number of rotatable bonds is 10. The number of methoxy groups -OCH3 is 1. The quantitative estimate of drug-likeness (QED) is 0.513. The van der Waals surface area contributed by atoms with Crippen LogP contribution in [-0.2, 0) is 6.42 Å². The number of anilines is 1. The fraction of sp³-hybridized carbons (Fsp3) is 0.458. The number of hydrogen-bond donors (Lipinski definition) is 1. The summed E-state index contributed by atoms with van der Waals surface area (Å²) >= 11 is 10.0. The van der Waals surface area contributed by atoms with Gasteiger partial charge < -0.3 is 19.4 Å². The van der Waals surface area contributed by atoms with Gasteiger partial charge in [0.25, 0.3) is 5.24 Å². The number of nitrogens with zero attached hydrogens (tertiary/aromatic N) is 3. The van der Waals surface area contributed by atoms with Gasteiger partial charge in [0.2, 0.25) is 0 Å². The Morgan fingerprint density at radius 3 is 2.10 bits per heavy atom. The van der Waals surface area contributed by atoms with Gasteiger partial charge in [-0.1, -0.05) is 36.4 Å². The Bertz CT molecular complexity index is 809. The molecule has 2 aromatic rings. The van der Waals surface area contributed by atoms with Gasteiger partial charge in [-0.25, -0.2) is 0 Å². The van der Waals surface area contributed by atoms with E-state index in [2.05, 4.69) is 34.6 Å². The van der Waals surface area contributed by atoms with Crippen molar-refractivity contribution in [1.29, 1.82) is 0 Å². The minimum atomic E-state index is -0.226. The van der Waals surface area contributed by atoms with Crippen molar-refractivity contribution in [3.8, 4) is 5.75 Å². The van der Waals surface area contributed by atoms with E-state index in [-0.39, 0.29) is 5.24 Å². The van der Waals surface area contributed by atoms with E-state index in [0.717, 1.165) is 68.6 Å². The van der Waals surface area contributed by atoms with Crippen LogP contribution in [0.25, 0.3) is 0 Å². The fourth-order valence-corrected chi connectivity index (χ4v) is 4.29. The van der Waals surface area contributed by atoms with Gasteiger partial charge in [0.1, 0.15) is 5.75 Å². The number of carbonyl (C=O) groups excluding carboxylic acids is 1. The molecule has 3 rings (SSSR count). The average molecular weight is 462 g/mol. The van der Waals surface area contributed by atoms with Crippen molar-refractivity contribution >= 4 is 35.2 Å². The first kappa shape index (κ1) is 23.9. The van der Waals surface area contributed by atoms with Crippen LogP contribution in [-0.4, -0.2) is 68.0 Å². The highest BCUT2D eigenvalue weighted by Crippen LogP contribution is 2.21. The monoisotopic (exact) mass is 461 g/mol. The Morgan fingerprint density at radius 1 is 0.968 bits per heavy atom. The van der Waals surface area contributed by atoms with E-state index < -0.39 is 0 Å². The van der Waals surface area contributed by atoms with Gasteiger partial charge in [0.15, 0.2) is 0 Å². The SMILES string of the molecule is COc1ccc(N(CCCN2CCN(CCCc3ccc(Cl)cc3)CC2)C(=O)S)cc1. The summed E-state index contributed by atoms with van der Waals surface area (Å²) in [6.07, 6.45) is 3.19. The second-order valence-electron chi connectivity index (χ2n) is 7.90. The Labute approximate surface area is 196 Å². The third-order valence-electron chi connectivity index (χ3n) is 5.79. The summed E-state index contributed by atoms with van der Waals surface area (Å²) in [6, 6.07) is 15.7. The molecule has 2 aromatic carbocycles. The van der Waals surface area contributed by atoms with Crippen LogP contribution < -0.4 is 9.64 Å². The van der Waals surface area contributed by atoms with E-state index in [4.69, 9.17) is 16.3 Å². The van der Waals surface area contributed by atoms with Crippen molar-refractivity contribution in [3.05, 3.63) is 59.1 Å². The Morgan fingerprint density at radius 2 is 1.55 bits per heavy atom. The van der Waals surface area contributed by atoms with Crippen LogP contribution in [0.3, 0.4) is 0 Å². The van der Waals surface area contributed by atoms with Crippen molar-refractivity contribution in [2.45, 2.75) is 19.3 Å². The average Bonchev–Trinajstić information content (AvgIpc) is 2.79. The molecule has 1 heterocycles. The molecule has 1 aliphatic heterocycles. The maximum Gasteiger partial charge on any atom is 0.282 e. The summed E-state index contributed by atoms with van der Waals surface area (Å²) < 4.78 is 5.19. The maximum absolute atomic E-state index is 12.0. The zero-order valence-electron chi connectivity index (χ0n) is 18.2. The number of halogens is 1. The molecule has 168 valence electrons. The maximum atomic E-state index is 12.0. The van der Waals surface area contributed by atoms with Crippen molar-refractivity contribution in [2.75, 3.05) is 57.8 Å². The van der Waals surface area contributed by atoms with Gasteiger partial charge in [-0.2, -0.15) is 0 Å². The molecular weight excluding hydrogens is 430 g/mol. The number of hydrogen-bond acceptors (Lipinski definition) is 4. The lowest BCUT2D eigenvalue weighted by atomic mass is 10.1. The molecule has 0 spiro atoms. The highest BCUT2D eigenvalue weighted by Gasteiger charge is 2.17. The number of aryl methyl sites for hydroxylation is 1. The first-order valence-electron chi connectivity index (χ1n) is 10.9. The summed E-state index contributed by atoms with van der Waals surface area (Å²) in [4.78, 5) is 18.7. The van der Waals surface area contributed by atoms with Crippen molar-refractivity contribution in [1.82, 2.24) is 9.80 Å². The molecule has 0 aromatic heterocycles. The Kier molecular flexibility index (Phi) is 9.53. The highest BCUT2D eigenvalue weighted by atomic mass is 35.5. The molecule has 0 unspecified atom stereocenters. The van der Waals surface area contributed by atoms with Gasteiger partial charge in [-0.15, -0.1) is 0 Å². The molecule has 5 nitrogen and oxygen atoms in total. The number of amides is 1. The van der Waals surface area contributed by atoms with E-state index in [1.807, 2.05) is 36.4 Å². The molecule has 0 saturated carbocycles. The molecule has 1 amide bonds. The van der Waals surface area contributed by atoms with Crippen LogP contribution in [0.5, 0.6) is 5.75 Å². The minimum Gasteiger partial charge on any atom is -0.497 e. The second kappa shape index (κ2) is 12.3.